The van der Waals surface area contributed by atoms with Gasteiger partial charge in [-0.1, -0.05) is 54.1 Å². The van der Waals surface area contributed by atoms with Gasteiger partial charge >= 0.3 is 0 Å². The SMILES string of the molecule is Cc1cccc(CC(O)(c2ccccc2C)C2CC3CCNCCC32)c1. The molecule has 2 aromatic carbocycles. The molecule has 0 spiro atoms. The average molecular weight is 350 g/mol. The largest absolute Gasteiger partial charge is 0.385 e. The number of rotatable bonds is 4. The Hall–Kier alpha value is -1.64. The molecule has 2 nitrogen and oxygen atoms in total. The third-order valence-electron chi connectivity index (χ3n) is 6.81. The molecule has 1 saturated carbocycles. The molecule has 138 valence electrons. The van der Waals surface area contributed by atoms with Crippen LogP contribution in [0.4, 0.5) is 0 Å². The van der Waals surface area contributed by atoms with Crippen LogP contribution in [0.3, 0.4) is 0 Å². The molecule has 2 N–H and O–H groups in total. The molecule has 4 unspecified atom stereocenters. The van der Waals surface area contributed by atoms with E-state index in [9.17, 15) is 5.11 Å². The minimum Gasteiger partial charge on any atom is -0.385 e. The normalized spacial score (nSPS) is 27.7. The van der Waals surface area contributed by atoms with E-state index in [1.807, 2.05) is 0 Å². The number of benzene rings is 2. The molecule has 1 aliphatic heterocycles. The minimum atomic E-state index is -0.773. The molecule has 2 fully saturated rings. The summed E-state index contributed by atoms with van der Waals surface area (Å²) in [4.78, 5) is 0. The summed E-state index contributed by atoms with van der Waals surface area (Å²) in [7, 11) is 0. The van der Waals surface area contributed by atoms with Gasteiger partial charge in [0, 0.05) is 6.42 Å². The Kier molecular flexibility index (Phi) is 4.90. The predicted octanol–water partition coefficient (Wildman–Crippen LogP) is 4.37. The van der Waals surface area contributed by atoms with E-state index < -0.39 is 5.60 Å². The number of aryl methyl sites for hydroxylation is 2. The zero-order valence-electron chi connectivity index (χ0n) is 16.0. The zero-order chi connectivity index (χ0) is 18.1. The van der Waals surface area contributed by atoms with Crippen molar-refractivity contribution < 1.29 is 5.11 Å². The van der Waals surface area contributed by atoms with E-state index in [0.717, 1.165) is 31.0 Å². The van der Waals surface area contributed by atoms with Gasteiger partial charge in [0.05, 0.1) is 5.60 Å². The minimum absolute atomic E-state index is 0.356. The fraction of sp³-hybridized carbons (Fsp3) is 0.500. The first-order valence-corrected chi connectivity index (χ1v) is 10.1. The molecule has 2 heteroatoms. The molecule has 4 rings (SSSR count). The maximum absolute atomic E-state index is 12.1. The molecule has 2 aromatic rings. The van der Waals surface area contributed by atoms with Crippen molar-refractivity contribution >= 4 is 0 Å². The van der Waals surface area contributed by atoms with Gasteiger partial charge < -0.3 is 10.4 Å². The van der Waals surface area contributed by atoms with Crippen molar-refractivity contribution in [1.29, 1.82) is 0 Å². The molecular formula is C24H31NO. The predicted molar refractivity (Wildman–Crippen MR) is 107 cm³/mol. The monoisotopic (exact) mass is 349 g/mol. The van der Waals surface area contributed by atoms with Gasteiger partial charge in [0.25, 0.3) is 0 Å². The van der Waals surface area contributed by atoms with Gasteiger partial charge in [0.2, 0.25) is 0 Å². The van der Waals surface area contributed by atoms with E-state index in [4.69, 9.17) is 0 Å². The van der Waals surface area contributed by atoms with E-state index in [2.05, 4.69) is 67.7 Å². The van der Waals surface area contributed by atoms with Crippen LogP contribution < -0.4 is 5.32 Å². The first kappa shape index (κ1) is 17.8. The van der Waals surface area contributed by atoms with Crippen LogP contribution in [-0.4, -0.2) is 18.2 Å². The maximum atomic E-state index is 12.1. The molecule has 4 atom stereocenters. The topological polar surface area (TPSA) is 32.3 Å². The fourth-order valence-corrected chi connectivity index (χ4v) is 5.43. The summed E-state index contributed by atoms with van der Waals surface area (Å²) < 4.78 is 0. The third-order valence-corrected chi connectivity index (χ3v) is 6.81. The molecule has 1 heterocycles. The van der Waals surface area contributed by atoms with Crippen LogP contribution in [0.2, 0.25) is 0 Å². The molecule has 2 aliphatic rings. The Morgan fingerprint density at radius 2 is 1.85 bits per heavy atom. The van der Waals surface area contributed by atoms with E-state index in [-0.39, 0.29) is 0 Å². The fourth-order valence-electron chi connectivity index (χ4n) is 5.43. The zero-order valence-corrected chi connectivity index (χ0v) is 16.0. The van der Waals surface area contributed by atoms with Crippen LogP contribution in [0.25, 0.3) is 0 Å². The maximum Gasteiger partial charge on any atom is 0.0970 e. The standard InChI is InChI=1S/C24H31NO/c1-17-6-5-8-19(14-17)16-24(26,22-9-4-3-7-18(22)2)23-15-20-10-12-25-13-11-21(20)23/h3-9,14,20-21,23,25-26H,10-13,15-16H2,1-2H3. The van der Waals surface area contributed by atoms with Crippen molar-refractivity contribution in [3.05, 3.63) is 70.8 Å². The molecular weight excluding hydrogens is 318 g/mol. The second kappa shape index (κ2) is 7.17. The Morgan fingerprint density at radius 1 is 1.04 bits per heavy atom. The lowest BCUT2D eigenvalue weighted by atomic mass is 9.54. The number of hydrogen-bond donors (Lipinski definition) is 2. The van der Waals surface area contributed by atoms with Crippen LogP contribution in [-0.2, 0) is 12.0 Å². The lowest BCUT2D eigenvalue weighted by molar-refractivity contribution is -0.120. The highest BCUT2D eigenvalue weighted by atomic mass is 16.3. The number of aliphatic hydroxyl groups is 1. The first-order valence-electron chi connectivity index (χ1n) is 10.1. The number of fused-ring (bicyclic) bond motifs is 1. The molecule has 1 saturated heterocycles. The molecule has 0 amide bonds. The first-order chi connectivity index (χ1) is 12.6. The van der Waals surface area contributed by atoms with Crippen molar-refractivity contribution in [2.45, 2.75) is 45.1 Å². The van der Waals surface area contributed by atoms with Crippen molar-refractivity contribution in [3.8, 4) is 0 Å². The molecule has 0 radical (unpaired) electrons. The van der Waals surface area contributed by atoms with E-state index in [1.165, 1.54) is 29.5 Å². The van der Waals surface area contributed by atoms with Gasteiger partial charge in [-0.15, -0.1) is 0 Å². The van der Waals surface area contributed by atoms with Crippen LogP contribution in [0.1, 0.15) is 41.5 Å². The number of hydrogen-bond acceptors (Lipinski definition) is 2. The van der Waals surface area contributed by atoms with Crippen molar-refractivity contribution in [2.24, 2.45) is 17.8 Å². The molecule has 1 aliphatic carbocycles. The lowest BCUT2D eigenvalue weighted by Crippen LogP contribution is -2.51. The number of nitrogens with one attached hydrogen (secondary N) is 1. The van der Waals surface area contributed by atoms with Crippen LogP contribution in [0.5, 0.6) is 0 Å². The van der Waals surface area contributed by atoms with Crippen LogP contribution in [0, 0.1) is 31.6 Å². The summed E-state index contributed by atoms with van der Waals surface area (Å²) in [6.45, 7) is 6.49. The summed E-state index contributed by atoms with van der Waals surface area (Å²) in [5.74, 6) is 1.77. The highest BCUT2D eigenvalue weighted by Crippen LogP contribution is 2.54. The van der Waals surface area contributed by atoms with Gasteiger partial charge in [-0.2, -0.15) is 0 Å². The average Bonchev–Trinajstić information content (AvgIpc) is 2.77. The van der Waals surface area contributed by atoms with Crippen molar-refractivity contribution in [1.82, 2.24) is 5.32 Å². The van der Waals surface area contributed by atoms with Gasteiger partial charge in [0.1, 0.15) is 0 Å². The summed E-state index contributed by atoms with van der Waals surface area (Å²) in [6.07, 6.45) is 4.32. The Labute approximate surface area is 157 Å². The van der Waals surface area contributed by atoms with E-state index >= 15 is 0 Å². The summed E-state index contributed by atoms with van der Waals surface area (Å²) >= 11 is 0. The van der Waals surface area contributed by atoms with Gasteiger partial charge in [-0.25, -0.2) is 0 Å². The van der Waals surface area contributed by atoms with Gasteiger partial charge in [-0.3, -0.25) is 0 Å². The molecule has 26 heavy (non-hydrogen) atoms. The second-order valence-electron chi connectivity index (χ2n) is 8.50. The highest BCUT2D eigenvalue weighted by Gasteiger charge is 2.52. The van der Waals surface area contributed by atoms with E-state index in [1.54, 1.807) is 0 Å². The van der Waals surface area contributed by atoms with Gasteiger partial charge in [0.15, 0.2) is 0 Å². The third kappa shape index (κ3) is 3.21. The molecule has 0 bridgehead atoms. The van der Waals surface area contributed by atoms with Crippen LogP contribution >= 0.6 is 0 Å². The Bertz CT molecular complexity index is 770. The van der Waals surface area contributed by atoms with Crippen molar-refractivity contribution in [3.63, 3.8) is 0 Å². The highest BCUT2D eigenvalue weighted by molar-refractivity contribution is 5.36. The Balaban J connectivity index is 1.71. The lowest BCUT2D eigenvalue weighted by Gasteiger charge is -2.53. The Morgan fingerprint density at radius 3 is 2.65 bits per heavy atom. The van der Waals surface area contributed by atoms with Gasteiger partial charge in [-0.05, 0) is 80.6 Å². The van der Waals surface area contributed by atoms with Crippen molar-refractivity contribution in [2.75, 3.05) is 13.1 Å². The second-order valence-corrected chi connectivity index (χ2v) is 8.50. The summed E-state index contributed by atoms with van der Waals surface area (Å²) in [5.41, 5.74) is 4.07. The summed E-state index contributed by atoms with van der Waals surface area (Å²) in [6, 6.07) is 17.1. The quantitative estimate of drug-likeness (QED) is 0.859. The smallest absolute Gasteiger partial charge is 0.0970 e. The van der Waals surface area contributed by atoms with Crippen LogP contribution in [0.15, 0.2) is 48.5 Å². The molecule has 0 aromatic heterocycles. The van der Waals surface area contributed by atoms with E-state index in [0.29, 0.717) is 18.3 Å². The summed E-state index contributed by atoms with van der Waals surface area (Å²) in [5, 5.41) is 15.7.